The van der Waals surface area contributed by atoms with Crippen molar-refractivity contribution in [3.8, 4) is 5.75 Å². The van der Waals surface area contributed by atoms with E-state index in [9.17, 15) is 40.1 Å². The third-order valence-electron chi connectivity index (χ3n) is 7.96. The van der Waals surface area contributed by atoms with Gasteiger partial charge in [-0.05, 0) is 60.5 Å². The Bertz CT molecular complexity index is 1310. The van der Waals surface area contributed by atoms with Gasteiger partial charge in [0.1, 0.15) is 5.75 Å². The fourth-order valence-corrected chi connectivity index (χ4v) is 6.08. The molecular weight excluding hydrogens is 513 g/mol. The molecule has 0 saturated carbocycles. The van der Waals surface area contributed by atoms with Crippen LogP contribution < -0.4 is 10.4 Å². The van der Waals surface area contributed by atoms with E-state index in [-0.39, 0.29) is 29.7 Å². The lowest BCUT2D eigenvalue weighted by Crippen LogP contribution is -2.39. The molecule has 2 aromatic carbocycles. The summed E-state index contributed by atoms with van der Waals surface area (Å²) in [6, 6.07) is 12.8. The lowest BCUT2D eigenvalue weighted by atomic mass is 9.68. The molecule has 1 aliphatic carbocycles. The fraction of sp³-hybridized carbons (Fsp3) is 0.400. The molecule has 9 nitrogen and oxygen atoms in total. The van der Waals surface area contributed by atoms with Crippen molar-refractivity contribution in [2.24, 2.45) is 17.8 Å². The minimum atomic E-state index is -1.78. The Kier molecular flexibility index (Phi) is 9.60. The van der Waals surface area contributed by atoms with Crippen molar-refractivity contribution in [3.63, 3.8) is 0 Å². The number of nitrogens with zero attached hydrogens (tertiary/aromatic N) is 1. The summed E-state index contributed by atoms with van der Waals surface area (Å²) < 4.78 is 0. The zero-order chi connectivity index (χ0) is 29.0. The Morgan fingerprint density at radius 1 is 1.07 bits per heavy atom. The minimum Gasteiger partial charge on any atom is -0.507 e. The lowest BCUT2D eigenvalue weighted by molar-refractivity contribution is -0.123. The first-order valence-electron chi connectivity index (χ1n) is 13.6. The number of para-hydroxylation sites is 1. The average molecular weight is 549 g/mol. The van der Waals surface area contributed by atoms with Crippen molar-refractivity contribution in [1.82, 2.24) is 0 Å². The van der Waals surface area contributed by atoms with Gasteiger partial charge in [0.15, 0.2) is 0 Å². The smallest absolute Gasteiger partial charge is 0.488 e. The van der Waals surface area contributed by atoms with Crippen LogP contribution in [-0.4, -0.2) is 68.7 Å². The summed E-state index contributed by atoms with van der Waals surface area (Å²) in [7, 11) is -1.78. The molecule has 2 aliphatic rings. The highest BCUT2D eigenvalue weighted by atomic mass is 16.4. The van der Waals surface area contributed by atoms with Crippen molar-refractivity contribution < 1.29 is 40.1 Å². The second kappa shape index (κ2) is 12.9. The molecule has 4 atom stereocenters. The van der Waals surface area contributed by atoms with Gasteiger partial charge in [-0.2, -0.15) is 0 Å². The fourth-order valence-electron chi connectivity index (χ4n) is 6.08. The minimum absolute atomic E-state index is 0.0724. The topological polar surface area (TPSA) is 159 Å². The SMILES string of the molecule is CCC/C(=C\c1ccccc1O)CC[C@@H](O)C1=C(CO)C[C@H]2C(=O)N(c3cccc(B(O)O)c3)C(=O)[C@H]2[C@H]1CO. The number of carbonyl (C=O) groups is 2. The van der Waals surface area contributed by atoms with Gasteiger partial charge in [0, 0.05) is 11.5 Å². The Morgan fingerprint density at radius 2 is 1.82 bits per heavy atom. The molecule has 10 heteroatoms. The van der Waals surface area contributed by atoms with Crippen molar-refractivity contribution in [1.29, 1.82) is 0 Å². The van der Waals surface area contributed by atoms with Crippen LogP contribution in [0, 0.1) is 17.8 Å². The highest BCUT2D eigenvalue weighted by molar-refractivity contribution is 6.58. The molecule has 1 fully saturated rings. The number of rotatable bonds is 11. The van der Waals surface area contributed by atoms with Crippen LogP contribution in [-0.2, 0) is 9.59 Å². The molecule has 6 N–H and O–H groups in total. The number of phenols is 1. The van der Waals surface area contributed by atoms with Crippen LogP contribution in [0.2, 0.25) is 0 Å². The molecular formula is C30H36BNO8. The van der Waals surface area contributed by atoms with Crippen LogP contribution in [0.25, 0.3) is 6.08 Å². The molecule has 0 aromatic heterocycles. The van der Waals surface area contributed by atoms with E-state index >= 15 is 0 Å². The van der Waals surface area contributed by atoms with Crippen LogP contribution in [0.15, 0.2) is 65.3 Å². The summed E-state index contributed by atoms with van der Waals surface area (Å²) in [5.74, 6) is -3.47. The first-order chi connectivity index (χ1) is 19.2. The number of aliphatic hydroxyl groups is 3. The first kappa shape index (κ1) is 29.7. The van der Waals surface area contributed by atoms with E-state index in [1.54, 1.807) is 12.1 Å². The number of aromatic hydroxyl groups is 1. The summed E-state index contributed by atoms with van der Waals surface area (Å²) in [6.07, 6.45) is 3.30. The van der Waals surface area contributed by atoms with Crippen LogP contribution in [0.1, 0.15) is 44.6 Å². The maximum atomic E-state index is 13.6. The molecule has 0 unspecified atom stereocenters. The van der Waals surface area contributed by atoms with E-state index in [1.807, 2.05) is 25.1 Å². The summed E-state index contributed by atoms with van der Waals surface area (Å²) in [6.45, 7) is 1.13. The van der Waals surface area contributed by atoms with Crippen LogP contribution in [0.4, 0.5) is 5.69 Å². The molecule has 0 spiro atoms. The molecule has 212 valence electrons. The predicted octanol–water partition coefficient (Wildman–Crippen LogP) is 1.50. The van der Waals surface area contributed by atoms with Crippen LogP contribution in [0.5, 0.6) is 5.75 Å². The van der Waals surface area contributed by atoms with Crippen molar-refractivity contribution in [2.45, 2.75) is 45.1 Å². The van der Waals surface area contributed by atoms with E-state index in [1.165, 1.54) is 24.3 Å². The first-order valence-corrected chi connectivity index (χ1v) is 13.6. The Morgan fingerprint density at radius 3 is 2.48 bits per heavy atom. The second-order valence-corrected chi connectivity index (χ2v) is 10.5. The van der Waals surface area contributed by atoms with Gasteiger partial charge in [0.2, 0.25) is 11.8 Å². The van der Waals surface area contributed by atoms with Gasteiger partial charge in [0.05, 0.1) is 36.8 Å². The van der Waals surface area contributed by atoms with Gasteiger partial charge in [-0.15, -0.1) is 0 Å². The third-order valence-corrected chi connectivity index (χ3v) is 7.96. The molecule has 2 aromatic rings. The quantitative estimate of drug-likeness (QED) is 0.140. The molecule has 1 aliphatic heterocycles. The average Bonchev–Trinajstić information content (AvgIpc) is 3.20. The van der Waals surface area contributed by atoms with Gasteiger partial charge < -0.3 is 30.5 Å². The van der Waals surface area contributed by atoms with Gasteiger partial charge >= 0.3 is 7.12 Å². The summed E-state index contributed by atoms with van der Waals surface area (Å²) >= 11 is 0. The standard InChI is InChI=1S/C30H36BNO8/c1-2-6-18(13-19-7-3-4-10-25(19)35)11-12-26(36)27-20(16-33)14-23-28(24(27)17-34)30(38)32(29(23)37)22-9-5-8-21(15-22)31(39)40/h3-5,7-10,13,15,23-24,26,28,33-36,39-40H,2,6,11-12,14,16-17H2,1H3/b18-13+/t23-,24+,26-,28-/m1/s1. The van der Waals surface area contributed by atoms with Crippen LogP contribution in [0.3, 0.4) is 0 Å². The van der Waals surface area contributed by atoms with Gasteiger partial charge in [-0.3, -0.25) is 14.5 Å². The number of fused-ring (bicyclic) bond motifs is 1. The Balaban J connectivity index is 1.60. The van der Waals surface area contributed by atoms with E-state index in [4.69, 9.17) is 0 Å². The van der Waals surface area contributed by atoms with E-state index in [2.05, 4.69) is 0 Å². The Hall–Kier alpha value is -3.28. The molecule has 1 saturated heterocycles. The summed E-state index contributed by atoms with van der Waals surface area (Å²) in [5.41, 5.74) is 2.85. The van der Waals surface area contributed by atoms with Crippen molar-refractivity contribution in [2.75, 3.05) is 18.1 Å². The normalized spacial score (nSPS) is 22.1. The van der Waals surface area contributed by atoms with Gasteiger partial charge in [-0.25, -0.2) is 0 Å². The molecule has 2 amide bonds. The van der Waals surface area contributed by atoms with Crippen LogP contribution >= 0.6 is 0 Å². The molecule has 0 radical (unpaired) electrons. The number of amides is 2. The number of hydrogen-bond acceptors (Lipinski definition) is 8. The van der Waals surface area contributed by atoms with E-state index in [0.717, 1.165) is 23.3 Å². The summed E-state index contributed by atoms with van der Waals surface area (Å²) in [5, 5.41) is 61.2. The number of anilines is 1. The number of hydrogen-bond donors (Lipinski definition) is 6. The van der Waals surface area contributed by atoms with E-state index < -0.39 is 56.0 Å². The number of allylic oxidation sites excluding steroid dienone is 1. The highest BCUT2D eigenvalue weighted by Gasteiger charge is 2.55. The second-order valence-electron chi connectivity index (χ2n) is 10.5. The van der Waals surface area contributed by atoms with Gasteiger partial charge in [0.25, 0.3) is 0 Å². The van der Waals surface area contributed by atoms with Crippen molar-refractivity contribution in [3.05, 3.63) is 70.8 Å². The maximum Gasteiger partial charge on any atom is 0.488 e. The zero-order valence-electron chi connectivity index (χ0n) is 22.5. The molecule has 40 heavy (non-hydrogen) atoms. The lowest BCUT2D eigenvalue weighted by Gasteiger charge is -2.36. The number of benzene rings is 2. The molecule has 1 heterocycles. The van der Waals surface area contributed by atoms with E-state index in [0.29, 0.717) is 23.1 Å². The number of phenolic OH excluding ortho intramolecular Hbond substituents is 1. The number of aliphatic hydroxyl groups excluding tert-OH is 3. The predicted molar refractivity (Wildman–Crippen MR) is 151 cm³/mol. The Labute approximate surface area is 233 Å². The highest BCUT2D eigenvalue weighted by Crippen LogP contribution is 2.47. The summed E-state index contributed by atoms with van der Waals surface area (Å²) in [4.78, 5) is 28.0. The molecule has 4 rings (SSSR count). The third kappa shape index (κ3) is 5.91. The zero-order valence-corrected chi connectivity index (χ0v) is 22.5. The van der Waals surface area contributed by atoms with Crippen molar-refractivity contribution >= 4 is 36.2 Å². The largest absolute Gasteiger partial charge is 0.507 e. The maximum absolute atomic E-state index is 13.6. The van der Waals surface area contributed by atoms with Gasteiger partial charge in [-0.1, -0.05) is 55.3 Å². The monoisotopic (exact) mass is 549 g/mol. The molecule has 0 bridgehead atoms. The number of imide groups is 1. The number of carbonyl (C=O) groups excluding carboxylic acids is 2.